The molecule has 6 nitrogen and oxygen atoms in total. The highest BCUT2D eigenvalue weighted by Gasteiger charge is 2.49. The Morgan fingerprint density at radius 3 is 2.77 bits per heavy atom. The van der Waals surface area contributed by atoms with E-state index in [1.165, 1.54) is 6.07 Å². The van der Waals surface area contributed by atoms with Crippen molar-refractivity contribution in [1.29, 1.82) is 0 Å². The lowest BCUT2D eigenvalue weighted by Gasteiger charge is -2.35. The summed E-state index contributed by atoms with van der Waals surface area (Å²) in [7, 11) is 0. The van der Waals surface area contributed by atoms with Crippen molar-refractivity contribution >= 4 is 17.6 Å². The second-order valence-corrected chi connectivity index (χ2v) is 7.04. The van der Waals surface area contributed by atoms with Crippen LogP contribution in [0.1, 0.15) is 47.2 Å². The van der Waals surface area contributed by atoms with Crippen molar-refractivity contribution in [3.8, 4) is 5.88 Å². The van der Waals surface area contributed by atoms with Crippen molar-refractivity contribution < 1.29 is 19.4 Å². The van der Waals surface area contributed by atoms with E-state index in [0.717, 1.165) is 29.7 Å². The number of hydrogen-bond donors (Lipinski definition) is 2. The Balaban J connectivity index is 1.55. The first-order valence-corrected chi connectivity index (χ1v) is 8.77. The molecule has 1 aliphatic carbocycles. The molecule has 1 amide bonds. The average molecular weight is 352 g/mol. The van der Waals surface area contributed by atoms with E-state index in [0.29, 0.717) is 18.7 Å². The largest absolute Gasteiger partial charge is 0.478 e. The number of carbonyl (C=O) groups excluding carboxylic acids is 1. The van der Waals surface area contributed by atoms with Gasteiger partial charge in [-0.1, -0.05) is 6.07 Å². The third-order valence-electron chi connectivity index (χ3n) is 5.49. The molecule has 1 saturated carbocycles. The number of aromatic carboxylic acids is 1. The lowest BCUT2D eigenvalue weighted by atomic mass is 9.69. The molecule has 2 aromatic rings. The summed E-state index contributed by atoms with van der Waals surface area (Å²) in [6.07, 6.45) is 4.42. The number of fused-ring (bicyclic) bond motifs is 2. The van der Waals surface area contributed by atoms with E-state index in [2.05, 4.69) is 10.3 Å². The number of rotatable bonds is 3. The summed E-state index contributed by atoms with van der Waals surface area (Å²) in [4.78, 5) is 28.3. The monoisotopic (exact) mass is 352 g/mol. The van der Waals surface area contributed by atoms with Gasteiger partial charge in [0.2, 0.25) is 11.8 Å². The molecule has 0 unspecified atom stereocenters. The minimum Gasteiger partial charge on any atom is -0.478 e. The third-order valence-corrected chi connectivity index (χ3v) is 5.49. The van der Waals surface area contributed by atoms with Crippen LogP contribution in [-0.2, 0) is 10.2 Å². The fourth-order valence-electron chi connectivity index (χ4n) is 4.00. The standard InChI is InChI=1S/C20H20N2O4/c1-12-3-2-10-21-17(12)26-14-6-8-20(9-7-14)15-11-13(18(23)24)4-5-16(15)22-19(20)25/h2-5,10-11,14H,6-9H2,1H3,(H,22,25)(H,23,24)/t14-,20-. The average Bonchev–Trinajstić information content (AvgIpc) is 2.90. The number of benzene rings is 1. The predicted octanol–water partition coefficient (Wildman–Crippen LogP) is 3.30. The SMILES string of the molecule is Cc1cccnc1O[C@H]1CC[C@@]2(CC1)C(=O)Nc1ccc(C(=O)O)cc12. The van der Waals surface area contributed by atoms with Crippen molar-refractivity contribution in [3.05, 3.63) is 53.2 Å². The van der Waals surface area contributed by atoms with Gasteiger partial charge in [0, 0.05) is 17.4 Å². The van der Waals surface area contributed by atoms with Crippen molar-refractivity contribution in [3.63, 3.8) is 0 Å². The Morgan fingerprint density at radius 1 is 1.31 bits per heavy atom. The molecule has 0 radical (unpaired) electrons. The van der Waals surface area contributed by atoms with Crippen LogP contribution in [0.5, 0.6) is 5.88 Å². The zero-order chi connectivity index (χ0) is 18.3. The van der Waals surface area contributed by atoms with Crippen LogP contribution in [0.15, 0.2) is 36.5 Å². The number of ether oxygens (including phenoxy) is 1. The smallest absolute Gasteiger partial charge is 0.335 e. The minimum atomic E-state index is -0.982. The van der Waals surface area contributed by atoms with Gasteiger partial charge < -0.3 is 15.2 Å². The molecule has 2 heterocycles. The molecule has 0 bridgehead atoms. The first-order valence-electron chi connectivity index (χ1n) is 8.77. The fourth-order valence-corrected chi connectivity index (χ4v) is 4.00. The summed E-state index contributed by atoms with van der Waals surface area (Å²) < 4.78 is 6.04. The molecule has 1 fully saturated rings. The zero-order valence-corrected chi connectivity index (χ0v) is 14.5. The molecular formula is C20H20N2O4. The number of nitrogens with zero attached hydrogens (tertiary/aromatic N) is 1. The van der Waals surface area contributed by atoms with E-state index < -0.39 is 11.4 Å². The summed E-state index contributed by atoms with van der Waals surface area (Å²) in [6, 6.07) is 8.68. The number of carbonyl (C=O) groups is 2. The summed E-state index contributed by atoms with van der Waals surface area (Å²) in [6.45, 7) is 1.96. The maximum atomic E-state index is 12.7. The first-order chi connectivity index (χ1) is 12.5. The Labute approximate surface area is 151 Å². The number of amides is 1. The number of carboxylic acids is 1. The molecule has 1 spiro atoms. The Morgan fingerprint density at radius 2 is 2.08 bits per heavy atom. The second-order valence-electron chi connectivity index (χ2n) is 7.04. The van der Waals surface area contributed by atoms with E-state index in [1.807, 2.05) is 19.1 Å². The second kappa shape index (κ2) is 6.12. The molecule has 0 saturated heterocycles. The molecule has 4 rings (SSSR count). The van der Waals surface area contributed by atoms with Crippen molar-refractivity contribution in [2.75, 3.05) is 5.32 Å². The molecule has 2 N–H and O–H groups in total. The van der Waals surface area contributed by atoms with Gasteiger partial charge in [0.25, 0.3) is 0 Å². The van der Waals surface area contributed by atoms with Crippen molar-refractivity contribution in [2.45, 2.75) is 44.1 Å². The highest BCUT2D eigenvalue weighted by Crippen LogP contribution is 2.48. The van der Waals surface area contributed by atoms with E-state index in [-0.39, 0.29) is 17.6 Å². The van der Waals surface area contributed by atoms with E-state index in [9.17, 15) is 14.7 Å². The molecule has 134 valence electrons. The molecule has 1 aromatic heterocycles. The van der Waals surface area contributed by atoms with Gasteiger partial charge >= 0.3 is 5.97 Å². The molecule has 1 aromatic carbocycles. The van der Waals surface area contributed by atoms with Crippen LogP contribution in [-0.4, -0.2) is 28.1 Å². The van der Waals surface area contributed by atoms with E-state index >= 15 is 0 Å². The number of pyridine rings is 1. The van der Waals surface area contributed by atoms with Crippen LogP contribution in [0.3, 0.4) is 0 Å². The lowest BCUT2D eigenvalue weighted by Crippen LogP contribution is -2.41. The Bertz CT molecular complexity index is 885. The highest BCUT2D eigenvalue weighted by atomic mass is 16.5. The summed E-state index contributed by atoms with van der Waals surface area (Å²) in [5, 5.41) is 12.2. The van der Waals surface area contributed by atoms with Crippen molar-refractivity contribution in [1.82, 2.24) is 4.98 Å². The molecule has 0 atom stereocenters. The first kappa shape index (κ1) is 16.6. The van der Waals surface area contributed by atoms with Crippen LogP contribution >= 0.6 is 0 Å². The van der Waals surface area contributed by atoms with Gasteiger partial charge in [0.15, 0.2) is 0 Å². The van der Waals surface area contributed by atoms with Gasteiger partial charge in [-0.25, -0.2) is 9.78 Å². The molecule has 2 aliphatic rings. The van der Waals surface area contributed by atoms with Gasteiger partial charge in [-0.3, -0.25) is 4.79 Å². The van der Waals surface area contributed by atoms with Gasteiger partial charge in [-0.2, -0.15) is 0 Å². The van der Waals surface area contributed by atoms with Gasteiger partial charge in [-0.05, 0) is 62.4 Å². The summed E-state index contributed by atoms with van der Waals surface area (Å²) in [5.41, 5.74) is 2.07. The highest BCUT2D eigenvalue weighted by molar-refractivity contribution is 6.07. The van der Waals surface area contributed by atoms with Crippen LogP contribution in [0.25, 0.3) is 0 Å². The zero-order valence-electron chi connectivity index (χ0n) is 14.5. The quantitative estimate of drug-likeness (QED) is 0.885. The number of anilines is 1. The predicted molar refractivity (Wildman–Crippen MR) is 95.6 cm³/mol. The number of nitrogens with one attached hydrogen (secondary N) is 1. The molecule has 26 heavy (non-hydrogen) atoms. The summed E-state index contributed by atoms with van der Waals surface area (Å²) in [5.74, 6) is -0.384. The maximum Gasteiger partial charge on any atom is 0.335 e. The number of hydrogen-bond acceptors (Lipinski definition) is 4. The normalized spacial score (nSPS) is 24.2. The topological polar surface area (TPSA) is 88.5 Å². The van der Waals surface area contributed by atoms with Crippen LogP contribution < -0.4 is 10.1 Å². The van der Waals surface area contributed by atoms with E-state index in [4.69, 9.17) is 4.74 Å². The number of aromatic nitrogens is 1. The van der Waals surface area contributed by atoms with Crippen LogP contribution in [0.2, 0.25) is 0 Å². The molecule has 1 aliphatic heterocycles. The van der Waals surface area contributed by atoms with Gasteiger partial charge in [0.1, 0.15) is 6.10 Å². The van der Waals surface area contributed by atoms with Crippen LogP contribution in [0, 0.1) is 6.92 Å². The Hall–Kier alpha value is -2.89. The molecular weight excluding hydrogens is 332 g/mol. The van der Waals surface area contributed by atoms with E-state index in [1.54, 1.807) is 18.3 Å². The lowest BCUT2D eigenvalue weighted by molar-refractivity contribution is -0.122. The third kappa shape index (κ3) is 2.62. The Kier molecular flexibility index (Phi) is 3.90. The summed E-state index contributed by atoms with van der Waals surface area (Å²) >= 11 is 0. The fraction of sp³-hybridized carbons (Fsp3) is 0.350. The van der Waals surface area contributed by atoms with Crippen LogP contribution in [0.4, 0.5) is 5.69 Å². The maximum absolute atomic E-state index is 12.7. The number of carboxylic acid groups (broad SMARTS) is 1. The van der Waals surface area contributed by atoms with Gasteiger partial charge in [0.05, 0.1) is 11.0 Å². The van der Waals surface area contributed by atoms with Gasteiger partial charge in [-0.15, -0.1) is 0 Å². The molecule has 6 heteroatoms. The number of aryl methyl sites for hydroxylation is 1. The van der Waals surface area contributed by atoms with Crippen molar-refractivity contribution in [2.24, 2.45) is 0 Å². The minimum absolute atomic E-state index is 0.00808.